The van der Waals surface area contributed by atoms with E-state index in [0.29, 0.717) is 35.1 Å². The predicted octanol–water partition coefficient (Wildman–Crippen LogP) is 6.69. The van der Waals surface area contributed by atoms with Gasteiger partial charge in [-0.05, 0) is 98.5 Å². The van der Waals surface area contributed by atoms with Crippen LogP contribution in [-0.4, -0.2) is 118 Å². The van der Waals surface area contributed by atoms with Crippen LogP contribution in [0.1, 0.15) is 24.1 Å². The fourth-order valence-electron chi connectivity index (χ4n) is 9.12. The molecule has 2 unspecified atom stereocenters. The van der Waals surface area contributed by atoms with Gasteiger partial charge < -0.3 is 42.9 Å². The molecule has 9 rings (SSSR count). The Morgan fingerprint density at radius 2 is 1.01 bits per heavy atom. The van der Waals surface area contributed by atoms with Crippen LogP contribution in [0, 0.1) is 32.1 Å². The van der Waals surface area contributed by atoms with Crippen molar-refractivity contribution in [3.63, 3.8) is 0 Å². The van der Waals surface area contributed by atoms with Gasteiger partial charge in [0, 0.05) is 22.9 Å². The van der Waals surface area contributed by atoms with Crippen LogP contribution >= 0.6 is 0 Å². The first kappa shape index (κ1) is 64.9. The van der Waals surface area contributed by atoms with Crippen LogP contribution < -0.4 is 32.7 Å². The third kappa shape index (κ3) is 14.0. The molecule has 0 saturated carbocycles. The minimum atomic E-state index is -5.19. The molecule has 0 aliphatic heterocycles. The second kappa shape index (κ2) is 23.1. The summed E-state index contributed by atoms with van der Waals surface area (Å²) in [4.78, 5) is 20.4. The Balaban J connectivity index is 0.965. The number of azo groups is 2. The smallest absolute Gasteiger partial charge is 0.296 e. The van der Waals surface area contributed by atoms with Crippen LogP contribution in [0.3, 0.4) is 0 Å². The Labute approximate surface area is 508 Å². The van der Waals surface area contributed by atoms with Gasteiger partial charge in [0.25, 0.3) is 60.7 Å². The van der Waals surface area contributed by atoms with Crippen molar-refractivity contribution in [2.75, 3.05) is 27.0 Å². The molecule has 7 aromatic rings. The molecular formula is C48H44N16O20S6. The third-order valence-corrected chi connectivity index (χ3v) is 18.1. The van der Waals surface area contributed by atoms with Crippen LogP contribution in [0.2, 0.25) is 0 Å². The molecule has 42 heteroatoms. The number of phenols is 1. The lowest BCUT2D eigenvalue weighted by Crippen LogP contribution is -2.36. The maximum atomic E-state index is 12.8. The summed E-state index contributed by atoms with van der Waals surface area (Å²) in [6.45, 7) is 5.94. The molecule has 36 nitrogen and oxygen atoms in total. The number of nitrogens with one attached hydrogen (secondary N) is 4. The number of fused-ring (bicyclic) bond motifs is 2. The molecule has 2 heterocycles. The number of nitrogen functional groups attached to an aromatic ring is 1. The van der Waals surface area contributed by atoms with Crippen molar-refractivity contribution in [3.05, 3.63) is 135 Å². The summed E-state index contributed by atoms with van der Waals surface area (Å²) in [5.41, 5.74) is 7.25. The van der Waals surface area contributed by atoms with Crippen LogP contribution in [0.4, 0.5) is 69.3 Å². The van der Waals surface area contributed by atoms with E-state index >= 15 is 0 Å². The fraction of sp³-hybridized carbons (Fsp3) is 0.125. The van der Waals surface area contributed by atoms with E-state index in [9.17, 15) is 88.0 Å². The van der Waals surface area contributed by atoms with Crippen molar-refractivity contribution in [1.82, 2.24) is 29.9 Å². The number of aryl methyl sites for hydroxylation is 3. The highest BCUT2D eigenvalue weighted by molar-refractivity contribution is 7.90. The van der Waals surface area contributed by atoms with Crippen LogP contribution in [-0.2, 0) is 60.7 Å². The van der Waals surface area contributed by atoms with Gasteiger partial charge in [-0.2, -0.15) is 85.5 Å². The van der Waals surface area contributed by atoms with Crippen molar-refractivity contribution in [1.29, 1.82) is 0 Å². The molecule has 0 amide bonds. The molecule has 472 valence electrons. The lowest BCUT2D eigenvalue weighted by Gasteiger charge is -2.39. The van der Waals surface area contributed by atoms with Crippen LogP contribution in [0.15, 0.2) is 158 Å². The number of aromatic hydroxyl groups is 1. The number of rotatable bonds is 18. The van der Waals surface area contributed by atoms with E-state index in [0.717, 1.165) is 42.5 Å². The third-order valence-electron chi connectivity index (χ3n) is 12.9. The minimum Gasteiger partial charge on any atom is -0.512 e. The highest BCUT2D eigenvalue weighted by atomic mass is 32.2. The summed E-state index contributed by atoms with van der Waals surface area (Å²) in [5.74, 6) is -3.61. The average molecular weight is 1360 g/mol. The van der Waals surface area contributed by atoms with Crippen LogP contribution in [0.25, 0.3) is 10.8 Å². The standard InChI is InChI=1S/C48H44N16O20S6/c1-20-5-8-28(57-46-53-21(2)51-44(59-46)55-25-7-10-30(35(15-25)88(76,77)78)62-64-43-39-33(66)17-27(86(70,71)72)18-48(39,4)19-37(41(43)50)90(82,83)84)31(11-20)58-47-54-22(3)52-45(60-47)56-24-6-9-29(34(14-24)87(73,74)75)61-63-42-38-23(13-36(40(42)49)89(79,80)81)12-26(16-32(38)65)85(67,68)69/h5-19,39,65-66H,49-50H2,1-4H3,(H,67,68,69)(H,70,71,72)(H,73,74,75)(H,76,77,78)(H,79,80,81)(H,82,83,84)(H2,51,53,55,57,59)(H2,52,54,56,58,60). The summed E-state index contributed by atoms with van der Waals surface area (Å²) in [6, 6.07) is 13.3. The van der Waals surface area contributed by atoms with Gasteiger partial charge >= 0.3 is 0 Å². The van der Waals surface area contributed by atoms with E-state index in [1.165, 1.54) is 32.9 Å². The molecule has 16 N–H and O–H groups in total. The summed E-state index contributed by atoms with van der Waals surface area (Å²) in [5, 5.41) is 48.0. The van der Waals surface area contributed by atoms with Gasteiger partial charge in [0.2, 0.25) is 23.8 Å². The molecule has 2 atom stereocenters. The quantitative estimate of drug-likeness (QED) is 0.0242. The Morgan fingerprint density at radius 3 is 1.50 bits per heavy atom. The lowest BCUT2D eigenvalue weighted by atomic mass is 9.69. The number of hydrogen-bond donors (Lipinski definition) is 14. The number of phenolic OH excluding ortho intramolecular Hbond substituents is 1. The van der Waals surface area contributed by atoms with E-state index in [1.807, 2.05) is 0 Å². The lowest BCUT2D eigenvalue weighted by molar-refractivity contribution is 0.268. The van der Waals surface area contributed by atoms with Crippen molar-refractivity contribution >= 4 is 141 Å². The largest absolute Gasteiger partial charge is 0.512 e. The molecule has 90 heavy (non-hydrogen) atoms. The fourth-order valence-corrected chi connectivity index (χ4v) is 13.1. The van der Waals surface area contributed by atoms with Crippen molar-refractivity contribution in [3.8, 4) is 5.75 Å². The highest BCUT2D eigenvalue weighted by Crippen LogP contribution is 2.51. The van der Waals surface area contributed by atoms with Gasteiger partial charge in [0.1, 0.15) is 59.8 Å². The van der Waals surface area contributed by atoms with Gasteiger partial charge in [-0.15, -0.1) is 15.3 Å². The van der Waals surface area contributed by atoms with E-state index < -0.39 is 158 Å². The number of aliphatic hydroxyl groups is 1. The number of benzene rings is 5. The molecule has 0 spiro atoms. The maximum Gasteiger partial charge on any atom is 0.296 e. The molecule has 2 aliphatic carbocycles. The molecular weight excluding hydrogens is 1310 g/mol. The Kier molecular flexibility index (Phi) is 16.6. The number of hydrogen-bond acceptors (Lipinski definition) is 30. The molecule has 2 aromatic heterocycles. The Bertz CT molecular complexity index is 5200. The van der Waals surface area contributed by atoms with E-state index in [4.69, 9.17) is 11.5 Å². The summed E-state index contributed by atoms with van der Waals surface area (Å²) in [7, 11) is -30.7. The molecule has 0 saturated heterocycles. The maximum absolute atomic E-state index is 12.8. The second-order valence-electron chi connectivity index (χ2n) is 19.6. The monoisotopic (exact) mass is 1360 g/mol. The van der Waals surface area contributed by atoms with E-state index in [2.05, 4.69) is 71.6 Å². The summed E-state index contributed by atoms with van der Waals surface area (Å²) in [6.07, 6.45) is 2.31. The normalized spacial score (nSPS) is 16.8. The van der Waals surface area contributed by atoms with Gasteiger partial charge in [0.15, 0.2) is 0 Å². The molecule has 0 radical (unpaired) electrons. The Hall–Kier alpha value is -9.60. The highest BCUT2D eigenvalue weighted by Gasteiger charge is 2.47. The van der Waals surface area contributed by atoms with Gasteiger partial charge in [-0.1, -0.05) is 25.1 Å². The molecule has 2 aliphatic rings. The summed E-state index contributed by atoms with van der Waals surface area (Å²) >= 11 is 0. The number of nitrogens with two attached hydrogens (primary N) is 2. The topological polar surface area (TPSA) is 594 Å². The van der Waals surface area contributed by atoms with Gasteiger partial charge in [0.05, 0.1) is 49.6 Å². The molecule has 5 aromatic carbocycles. The molecule has 0 bridgehead atoms. The number of allylic oxidation sites excluding steroid dienone is 3. The number of aromatic nitrogens is 6. The second-order valence-corrected chi connectivity index (χ2v) is 28.0. The van der Waals surface area contributed by atoms with Crippen molar-refractivity contribution in [2.24, 2.45) is 37.5 Å². The average Bonchev–Trinajstić information content (AvgIpc) is 0.737. The minimum absolute atomic E-state index is 0.0797. The van der Waals surface area contributed by atoms with Crippen molar-refractivity contribution in [2.45, 2.75) is 47.3 Å². The SMILES string of the molecule is Cc1ccc(Nc2nc(C)nc(Nc3ccc(N=NC4=C(N)C(S(=O)(=O)O)=CC5(C)C=C(S(=O)(=O)O)C=C(O)C45)c(S(=O)(=O)O)c3)n2)c(Nc2nc(C)nc(Nc3ccc(N=Nc4c(N)c(S(=O)(=O)O)cc5cc(S(=O)(=O)O)cc(O)c45)c(S(=O)(=O)O)c3)n2)c1. The van der Waals surface area contributed by atoms with E-state index in [-0.39, 0.29) is 46.8 Å². The Morgan fingerprint density at radius 1 is 0.511 bits per heavy atom. The van der Waals surface area contributed by atoms with Crippen molar-refractivity contribution < 1.29 is 88.0 Å². The first-order chi connectivity index (χ1) is 41.5. The van der Waals surface area contributed by atoms with Gasteiger partial charge in [-0.3, -0.25) is 27.3 Å². The zero-order valence-corrected chi connectivity index (χ0v) is 50.7. The molecule has 0 fully saturated rings. The zero-order chi connectivity index (χ0) is 66.2. The zero-order valence-electron chi connectivity index (χ0n) is 45.8. The first-order valence-electron chi connectivity index (χ1n) is 24.6. The first-order valence-corrected chi connectivity index (χ1v) is 33.3. The van der Waals surface area contributed by atoms with Crippen LogP contribution in [0.5, 0.6) is 5.75 Å². The van der Waals surface area contributed by atoms with E-state index in [1.54, 1.807) is 25.1 Å². The number of nitrogens with zero attached hydrogens (tertiary/aromatic N) is 10. The predicted molar refractivity (Wildman–Crippen MR) is 317 cm³/mol. The number of aliphatic hydroxyl groups excluding tert-OH is 1. The number of anilines is 9. The summed E-state index contributed by atoms with van der Waals surface area (Å²) < 4.78 is 208. The van der Waals surface area contributed by atoms with Gasteiger partial charge in [-0.25, -0.2) is 0 Å².